The van der Waals surface area contributed by atoms with Gasteiger partial charge < -0.3 is 4.42 Å². The average molecular weight is 506 g/mol. The van der Waals surface area contributed by atoms with Crippen LogP contribution in [0.5, 0.6) is 0 Å². The highest BCUT2D eigenvalue weighted by Gasteiger charge is 2.25. The fourth-order valence-electron chi connectivity index (χ4n) is 6.21. The van der Waals surface area contributed by atoms with Crippen molar-refractivity contribution in [3.63, 3.8) is 0 Å². The number of hydrogen-bond donors (Lipinski definition) is 0. The molecule has 4 heterocycles. The maximum Gasteiger partial charge on any atom is 0.232 e. The standard InChI is InChI=1S/C33H19N3OS/c1-18-34-32(29-22-13-5-8-16-25(22)37-33(29)35-18)36-24-15-7-4-12-21(24)27-19-10-2-3-11-20(19)31-28(30(27)36)23-14-6-9-17-26(23)38-31/h2-17H,1H3. The predicted molar refractivity (Wildman–Crippen MR) is 159 cm³/mol. The van der Waals surface area contributed by atoms with Crippen molar-refractivity contribution in [2.75, 3.05) is 0 Å². The second-order valence-electron chi connectivity index (χ2n) is 9.80. The fraction of sp³-hybridized carbons (Fsp3) is 0.0303. The van der Waals surface area contributed by atoms with Crippen molar-refractivity contribution in [3.8, 4) is 5.82 Å². The molecule has 178 valence electrons. The van der Waals surface area contributed by atoms with E-state index in [0.717, 1.165) is 27.7 Å². The van der Waals surface area contributed by atoms with Crippen LogP contribution in [0.15, 0.2) is 101 Å². The lowest BCUT2D eigenvalue weighted by atomic mass is 10.00. The molecule has 0 aliphatic rings. The molecule has 0 N–H and O–H groups in total. The van der Waals surface area contributed by atoms with E-state index in [1.807, 2.05) is 36.5 Å². The second kappa shape index (κ2) is 7.18. The molecule has 5 aromatic carbocycles. The van der Waals surface area contributed by atoms with E-state index in [1.165, 1.54) is 47.2 Å². The molecule has 0 amide bonds. The fourth-order valence-corrected chi connectivity index (χ4v) is 7.45. The zero-order chi connectivity index (χ0) is 25.0. The number of thiophene rings is 1. The molecule has 5 heteroatoms. The van der Waals surface area contributed by atoms with Gasteiger partial charge in [0.15, 0.2) is 5.82 Å². The van der Waals surface area contributed by atoms with Crippen molar-refractivity contribution >= 4 is 86.2 Å². The van der Waals surface area contributed by atoms with Gasteiger partial charge in [-0.15, -0.1) is 11.3 Å². The lowest BCUT2D eigenvalue weighted by molar-refractivity contribution is 0.650. The van der Waals surface area contributed by atoms with Crippen molar-refractivity contribution in [3.05, 3.63) is 103 Å². The largest absolute Gasteiger partial charge is 0.437 e. The summed E-state index contributed by atoms with van der Waals surface area (Å²) in [7, 11) is 0. The monoisotopic (exact) mass is 505 g/mol. The molecule has 0 spiro atoms. The number of aromatic nitrogens is 3. The summed E-state index contributed by atoms with van der Waals surface area (Å²) in [6, 6.07) is 34.4. The number of hydrogen-bond acceptors (Lipinski definition) is 4. The van der Waals surface area contributed by atoms with E-state index < -0.39 is 0 Å². The Balaban J connectivity index is 1.65. The van der Waals surface area contributed by atoms with Gasteiger partial charge in [0.1, 0.15) is 11.4 Å². The molecule has 4 nitrogen and oxygen atoms in total. The van der Waals surface area contributed by atoms with E-state index in [9.17, 15) is 0 Å². The molecule has 38 heavy (non-hydrogen) atoms. The van der Waals surface area contributed by atoms with Crippen LogP contribution in [0.25, 0.3) is 80.6 Å². The summed E-state index contributed by atoms with van der Waals surface area (Å²) < 4.78 is 11.2. The zero-order valence-corrected chi connectivity index (χ0v) is 21.2. The first-order chi connectivity index (χ1) is 18.8. The highest BCUT2D eigenvalue weighted by molar-refractivity contribution is 7.27. The first-order valence-corrected chi connectivity index (χ1v) is 13.5. The Morgan fingerprint density at radius 2 is 1.32 bits per heavy atom. The van der Waals surface area contributed by atoms with Crippen molar-refractivity contribution in [1.82, 2.24) is 14.5 Å². The summed E-state index contributed by atoms with van der Waals surface area (Å²) in [5.74, 6) is 1.54. The summed E-state index contributed by atoms with van der Waals surface area (Å²) in [6.07, 6.45) is 0. The first kappa shape index (κ1) is 20.3. The topological polar surface area (TPSA) is 43.9 Å². The minimum atomic E-state index is 0.617. The van der Waals surface area contributed by atoms with Crippen LogP contribution in [0.3, 0.4) is 0 Å². The smallest absolute Gasteiger partial charge is 0.232 e. The maximum atomic E-state index is 6.25. The lowest BCUT2D eigenvalue weighted by Crippen LogP contribution is -2.02. The summed E-state index contributed by atoms with van der Waals surface area (Å²) in [5.41, 5.74) is 3.75. The van der Waals surface area contributed by atoms with Crippen LogP contribution < -0.4 is 0 Å². The third-order valence-electron chi connectivity index (χ3n) is 7.69. The lowest BCUT2D eigenvalue weighted by Gasteiger charge is -2.11. The molecule has 0 fully saturated rings. The predicted octanol–water partition coefficient (Wildman–Crippen LogP) is 9.30. The van der Waals surface area contributed by atoms with E-state index in [4.69, 9.17) is 14.4 Å². The molecule has 0 saturated heterocycles. The van der Waals surface area contributed by atoms with Gasteiger partial charge in [0.2, 0.25) is 5.71 Å². The Hall–Kier alpha value is -4.74. The van der Waals surface area contributed by atoms with Gasteiger partial charge in [0.25, 0.3) is 0 Å². The highest BCUT2D eigenvalue weighted by Crippen LogP contribution is 2.48. The molecule has 0 atom stereocenters. The number of rotatable bonds is 1. The van der Waals surface area contributed by atoms with Gasteiger partial charge in [0.05, 0.1) is 16.4 Å². The number of benzene rings is 5. The number of para-hydroxylation sites is 2. The molecule has 0 aliphatic heterocycles. The van der Waals surface area contributed by atoms with Crippen LogP contribution in [0, 0.1) is 6.92 Å². The van der Waals surface area contributed by atoms with Crippen LogP contribution in [0.4, 0.5) is 0 Å². The van der Waals surface area contributed by atoms with Crippen LogP contribution >= 0.6 is 11.3 Å². The third kappa shape index (κ3) is 2.49. The van der Waals surface area contributed by atoms with E-state index in [1.54, 1.807) is 0 Å². The number of furan rings is 1. The van der Waals surface area contributed by atoms with Gasteiger partial charge in [-0.2, -0.15) is 4.98 Å². The van der Waals surface area contributed by atoms with Gasteiger partial charge in [-0.25, -0.2) is 4.98 Å². The van der Waals surface area contributed by atoms with E-state index in [2.05, 4.69) is 83.4 Å². The zero-order valence-electron chi connectivity index (χ0n) is 20.4. The summed E-state index contributed by atoms with van der Waals surface area (Å²) >= 11 is 1.87. The Kier molecular flexibility index (Phi) is 3.84. The highest BCUT2D eigenvalue weighted by atomic mass is 32.1. The first-order valence-electron chi connectivity index (χ1n) is 12.7. The molecule has 9 aromatic rings. The van der Waals surface area contributed by atoms with Crippen molar-refractivity contribution in [2.24, 2.45) is 0 Å². The molecular formula is C33H19N3OS. The summed E-state index contributed by atoms with van der Waals surface area (Å²) in [6.45, 7) is 1.94. The van der Waals surface area contributed by atoms with Crippen LogP contribution in [0.2, 0.25) is 0 Å². The molecule has 4 aromatic heterocycles. The third-order valence-corrected chi connectivity index (χ3v) is 8.90. The van der Waals surface area contributed by atoms with Crippen LogP contribution in [-0.2, 0) is 0 Å². The Bertz CT molecular complexity index is 2430. The van der Waals surface area contributed by atoms with Crippen LogP contribution in [0.1, 0.15) is 5.82 Å². The quantitative estimate of drug-likeness (QED) is 0.223. The summed E-state index contributed by atoms with van der Waals surface area (Å²) in [4.78, 5) is 9.82. The SMILES string of the molecule is Cc1nc(-n2c3ccccc3c3c4ccccc4c4sc5ccccc5c4c32)c2c(n1)oc1ccccc12. The minimum Gasteiger partial charge on any atom is -0.437 e. The number of aryl methyl sites for hydroxylation is 1. The molecule has 9 rings (SSSR count). The van der Waals surface area contributed by atoms with E-state index in [0.29, 0.717) is 11.5 Å². The molecule has 0 saturated carbocycles. The molecule has 0 radical (unpaired) electrons. The van der Waals surface area contributed by atoms with Gasteiger partial charge >= 0.3 is 0 Å². The van der Waals surface area contributed by atoms with E-state index >= 15 is 0 Å². The van der Waals surface area contributed by atoms with Gasteiger partial charge in [-0.1, -0.05) is 78.9 Å². The molecule has 0 aliphatic carbocycles. The molecule has 0 unspecified atom stereocenters. The second-order valence-corrected chi connectivity index (χ2v) is 10.8. The normalized spacial score (nSPS) is 12.3. The van der Waals surface area contributed by atoms with Crippen molar-refractivity contribution in [2.45, 2.75) is 6.92 Å². The van der Waals surface area contributed by atoms with Crippen molar-refractivity contribution < 1.29 is 4.42 Å². The number of fused-ring (bicyclic) bond motifs is 13. The maximum absolute atomic E-state index is 6.25. The van der Waals surface area contributed by atoms with Crippen molar-refractivity contribution in [1.29, 1.82) is 0 Å². The van der Waals surface area contributed by atoms with Crippen LogP contribution in [-0.4, -0.2) is 14.5 Å². The Morgan fingerprint density at radius 1 is 0.632 bits per heavy atom. The van der Waals surface area contributed by atoms with E-state index in [-0.39, 0.29) is 0 Å². The molecule has 0 bridgehead atoms. The molecular weight excluding hydrogens is 486 g/mol. The minimum absolute atomic E-state index is 0.617. The Labute approximate surface area is 220 Å². The van der Waals surface area contributed by atoms with Gasteiger partial charge in [-0.05, 0) is 30.5 Å². The summed E-state index contributed by atoms with van der Waals surface area (Å²) in [5, 5.41) is 9.52. The van der Waals surface area contributed by atoms with Gasteiger partial charge in [-0.3, -0.25) is 4.57 Å². The number of nitrogens with zero attached hydrogens (tertiary/aromatic N) is 3. The Morgan fingerprint density at radius 3 is 2.18 bits per heavy atom. The average Bonchev–Trinajstić information content (AvgIpc) is 3.62. The van der Waals surface area contributed by atoms with Gasteiger partial charge in [0, 0.05) is 41.7 Å².